The van der Waals surface area contributed by atoms with E-state index in [0.717, 1.165) is 24.8 Å². The van der Waals surface area contributed by atoms with Crippen LogP contribution >= 0.6 is 11.6 Å². The zero-order chi connectivity index (χ0) is 12.3. The third kappa shape index (κ3) is 2.85. The number of hydrogen-bond acceptors (Lipinski definition) is 3. The number of hydrogen-bond donors (Lipinski definition) is 0. The van der Waals surface area contributed by atoms with Crippen molar-refractivity contribution in [3.8, 4) is 0 Å². The van der Waals surface area contributed by atoms with Crippen LogP contribution in [0, 0.1) is 0 Å². The molecule has 0 spiro atoms. The minimum absolute atomic E-state index is 0.180. The molecule has 0 unspecified atom stereocenters. The van der Waals surface area contributed by atoms with Crippen molar-refractivity contribution < 1.29 is 9.53 Å². The number of nitrogens with zero attached hydrogens (tertiary/aromatic N) is 1. The number of carbonyl (C=O) groups is 1. The summed E-state index contributed by atoms with van der Waals surface area (Å²) in [6, 6.07) is 1.79. The highest BCUT2D eigenvalue weighted by Crippen LogP contribution is 2.38. The van der Waals surface area contributed by atoms with Crippen molar-refractivity contribution in [1.82, 2.24) is 4.98 Å². The van der Waals surface area contributed by atoms with Crippen LogP contribution < -0.4 is 0 Å². The van der Waals surface area contributed by atoms with Crippen molar-refractivity contribution >= 4 is 17.4 Å². The van der Waals surface area contributed by atoms with Gasteiger partial charge in [0.05, 0.1) is 10.6 Å². The predicted octanol–water partition coefficient (Wildman–Crippen LogP) is 2.81. The molecule has 1 aromatic rings. The molecule has 1 saturated carbocycles. The molecule has 17 heavy (non-hydrogen) atoms. The molecule has 1 aliphatic rings. The maximum absolute atomic E-state index is 12.0. The summed E-state index contributed by atoms with van der Waals surface area (Å²) >= 11 is 5.98. The van der Waals surface area contributed by atoms with Crippen LogP contribution in [-0.4, -0.2) is 23.5 Å². The number of halogens is 1. The Morgan fingerprint density at radius 3 is 2.88 bits per heavy atom. The summed E-state index contributed by atoms with van der Waals surface area (Å²) in [7, 11) is 1.69. The summed E-state index contributed by atoms with van der Waals surface area (Å²) in [5, 5.41) is 0.556. The van der Waals surface area contributed by atoms with Crippen molar-refractivity contribution in [3.05, 3.63) is 29.0 Å². The third-order valence-corrected chi connectivity index (χ3v) is 3.80. The molecule has 1 fully saturated rings. The van der Waals surface area contributed by atoms with E-state index in [1.54, 1.807) is 25.6 Å². The Morgan fingerprint density at radius 2 is 2.35 bits per heavy atom. The molecule has 0 aromatic carbocycles. The van der Waals surface area contributed by atoms with Crippen molar-refractivity contribution in [2.24, 2.45) is 0 Å². The molecule has 0 radical (unpaired) electrons. The number of ketones is 1. The zero-order valence-corrected chi connectivity index (χ0v) is 10.7. The van der Waals surface area contributed by atoms with Crippen LogP contribution in [0.1, 0.15) is 31.2 Å². The van der Waals surface area contributed by atoms with Crippen LogP contribution in [0.2, 0.25) is 5.02 Å². The second-order valence-corrected chi connectivity index (χ2v) is 5.01. The summed E-state index contributed by atoms with van der Waals surface area (Å²) in [6.07, 6.45) is 7.20. The normalized spacial score (nSPS) is 17.5. The highest BCUT2D eigenvalue weighted by atomic mass is 35.5. The molecule has 1 aromatic heterocycles. The first-order chi connectivity index (χ1) is 8.15. The minimum Gasteiger partial charge on any atom is -0.378 e. The lowest BCUT2D eigenvalue weighted by Crippen LogP contribution is -2.41. The van der Waals surface area contributed by atoms with E-state index in [2.05, 4.69) is 4.98 Å². The first kappa shape index (κ1) is 12.5. The van der Waals surface area contributed by atoms with Gasteiger partial charge >= 0.3 is 0 Å². The molecule has 0 atom stereocenters. The fourth-order valence-electron chi connectivity index (χ4n) is 2.21. The van der Waals surface area contributed by atoms with E-state index in [1.807, 2.05) is 0 Å². The molecule has 0 aliphatic heterocycles. The summed E-state index contributed by atoms with van der Waals surface area (Å²) in [4.78, 5) is 15.9. The molecule has 0 saturated heterocycles. The molecule has 0 N–H and O–H groups in total. The quantitative estimate of drug-likeness (QED) is 0.810. The van der Waals surface area contributed by atoms with Gasteiger partial charge in [0, 0.05) is 32.3 Å². The Bertz CT molecular complexity index is 410. The Balaban J connectivity index is 1.96. The lowest BCUT2D eigenvalue weighted by molar-refractivity contribution is -0.131. The van der Waals surface area contributed by atoms with Crippen LogP contribution in [0.4, 0.5) is 0 Å². The number of pyridine rings is 1. The summed E-state index contributed by atoms with van der Waals surface area (Å²) in [5.41, 5.74) is 0.647. The highest BCUT2D eigenvalue weighted by molar-refractivity contribution is 6.31. The van der Waals surface area contributed by atoms with Gasteiger partial charge in [-0.15, -0.1) is 0 Å². The number of rotatable bonds is 5. The average molecular weight is 254 g/mol. The van der Waals surface area contributed by atoms with E-state index in [4.69, 9.17) is 16.3 Å². The Kier molecular flexibility index (Phi) is 3.79. The van der Waals surface area contributed by atoms with Crippen molar-refractivity contribution in [1.29, 1.82) is 0 Å². The molecule has 2 rings (SSSR count). The minimum atomic E-state index is -0.198. The SMILES string of the molecule is COC1(CC(=O)Cc2ccncc2Cl)CCC1. The van der Waals surface area contributed by atoms with Crippen molar-refractivity contribution in [3.63, 3.8) is 0 Å². The van der Waals surface area contributed by atoms with Gasteiger partial charge < -0.3 is 4.74 Å². The van der Waals surface area contributed by atoms with E-state index in [-0.39, 0.29) is 11.4 Å². The number of ether oxygens (including phenoxy) is 1. The van der Waals surface area contributed by atoms with Crippen molar-refractivity contribution in [2.75, 3.05) is 7.11 Å². The van der Waals surface area contributed by atoms with E-state index >= 15 is 0 Å². The van der Waals surface area contributed by atoms with Gasteiger partial charge in [-0.25, -0.2) is 0 Å². The largest absolute Gasteiger partial charge is 0.378 e. The Labute approximate surface area is 106 Å². The lowest BCUT2D eigenvalue weighted by atomic mass is 9.76. The Morgan fingerprint density at radius 1 is 1.59 bits per heavy atom. The summed E-state index contributed by atoms with van der Waals surface area (Å²) in [6.45, 7) is 0. The molecule has 1 heterocycles. The average Bonchev–Trinajstić information content (AvgIpc) is 2.27. The van der Waals surface area contributed by atoms with Crippen LogP contribution in [0.5, 0.6) is 0 Å². The summed E-state index contributed by atoms with van der Waals surface area (Å²) in [5.74, 6) is 0.180. The van der Waals surface area contributed by atoms with E-state index in [1.165, 1.54) is 0 Å². The molecule has 1 aliphatic carbocycles. The zero-order valence-electron chi connectivity index (χ0n) is 9.91. The van der Waals surface area contributed by atoms with Gasteiger partial charge in [-0.1, -0.05) is 11.6 Å². The Hall–Kier alpha value is -0.930. The molecular formula is C13H16ClNO2. The molecule has 0 amide bonds. The van der Waals surface area contributed by atoms with Gasteiger partial charge in [-0.3, -0.25) is 9.78 Å². The van der Waals surface area contributed by atoms with Gasteiger partial charge in [0.15, 0.2) is 0 Å². The van der Waals surface area contributed by atoms with E-state index in [0.29, 0.717) is 17.9 Å². The lowest BCUT2D eigenvalue weighted by Gasteiger charge is -2.40. The van der Waals surface area contributed by atoms with Crippen LogP contribution in [-0.2, 0) is 16.0 Å². The smallest absolute Gasteiger partial charge is 0.140 e. The molecule has 3 nitrogen and oxygen atoms in total. The number of carbonyl (C=O) groups excluding carboxylic acids is 1. The number of aromatic nitrogens is 1. The van der Waals surface area contributed by atoms with Crippen LogP contribution in [0.25, 0.3) is 0 Å². The van der Waals surface area contributed by atoms with Gasteiger partial charge in [-0.05, 0) is 30.9 Å². The van der Waals surface area contributed by atoms with Crippen molar-refractivity contribution in [2.45, 2.75) is 37.7 Å². The maximum Gasteiger partial charge on any atom is 0.140 e. The van der Waals surface area contributed by atoms with Crippen LogP contribution in [0.15, 0.2) is 18.5 Å². The monoisotopic (exact) mass is 253 g/mol. The van der Waals surface area contributed by atoms with Gasteiger partial charge in [0.25, 0.3) is 0 Å². The highest BCUT2D eigenvalue weighted by Gasteiger charge is 2.38. The van der Waals surface area contributed by atoms with Gasteiger partial charge in [0.1, 0.15) is 5.78 Å². The maximum atomic E-state index is 12.0. The fourth-order valence-corrected chi connectivity index (χ4v) is 2.39. The molecule has 92 valence electrons. The van der Waals surface area contributed by atoms with Crippen LogP contribution in [0.3, 0.4) is 0 Å². The number of Topliss-reactive ketones (excluding diaryl/α,β-unsaturated/α-hetero) is 1. The molecule has 4 heteroatoms. The third-order valence-electron chi connectivity index (χ3n) is 3.46. The second kappa shape index (κ2) is 5.15. The molecular weight excluding hydrogens is 238 g/mol. The van der Waals surface area contributed by atoms with E-state index < -0.39 is 0 Å². The van der Waals surface area contributed by atoms with Gasteiger partial charge in [-0.2, -0.15) is 0 Å². The number of methoxy groups -OCH3 is 1. The topological polar surface area (TPSA) is 39.2 Å². The first-order valence-corrected chi connectivity index (χ1v) is 6.18. The van der Waals surface area contributed by atoms with Gasteiger partial charge in [0.2, 0.25) is 0 Å². The predicted molar refractivity (Wildman–Crippen MR) is 66.2 cm³/mol. The second-order valence-electron chi connectivity index (χ2n) is 4.60. The molecule has 0 bridgehead atoms. The fraction of sp³-hybridized carbons (Fsp3) is 0.538. The van der Waals surface area contributed by atoms with E-state index in [9.17, 15) is 4.79 Å². The standard InChI is InChI=1S/C13H16ClNO2/c1-17-13(4-2-5-13)8-11(16)7-10-3-6-15-9-12(10)14/h3,6,9H,2,4-5,7-8H2,1H3. The summed E-state index contributed by atoms with van der Waals surface area (Å²) < 4.78 is 5.45. The first-order valence-electron chi connectivity index (χ1n) is 5.80.